The van der Waals surface area contributed by atoms with Gasteiger partial charge in [-0.25, -0.2) is 13.6 Å². The molecule has 1 aromatic rings. The number of hydrogen-bond donors (Lipinski definition) is 1. The Hall–Kier alpha value is -2.42. The zero-order chi connectivity index (χ0) is 16.9. The van der Waals surface area contributed by atoms with E-state index in [0.717, 1.165) is 18.2 Å². The van der Waals surface area contributed by atoms with Crippen molar-refractivity contribution in [1.29, 1.82) is 0 Å². The Morgan fingerprint density at radius 2 is 1.95 bits per heavy atom. The molecule has 4 nitrogen and oxygen atoms in total. The van der Waals surface area contributed by atoms with Gasteiger partial charge in [-0.05, 0) is 39.0 Å². The molecule has 0 aliphatic heterocycles. The molecule has 0 aliphatic carbocycles. The summed E-state index contributed by atoms with van der Waals surface area (Å²) in [4.78, 5) is 24.0. The van der Waals surface area contributed by atoms with Crippen LogP contribution in [0.2, 0.25) is 0 Å². The van der Waals surface area contributed by atoms with Gasteiger partial charge in [-0.2, -0.15) is 0 Å². The molecule has 6 heteroatoms. The number of halogens is 2. The van der Waals surface area contributed by atoms with Crippen molar-refractivity contribution in [2.75, 3.05) is 0 Å². The Labute approximate surface area is 127 Å². The molecule has 0 aliphatic rings. The van der Waals surface area contributed by atoms with Crippen LogP contribution in [0.1, 0.15) is 37.6 Å². The van der Waals surface area contributed by atoms with Crippen molar-refractivity contribution in [3.8, 4) is 12.3 Å². The number of terminal acetylenes is 1. The quantitative estimate of drug-likeness (QED) is 0.687. The first-order valence-electron chi connectivity index (χ1n) is 6.56. The molecule has 1 unspecified atom stereocenters. The number of alkyl carbamates (subject to hydrolysis) is 1. The Morgan fingerprint density at radius 1 is 1.32 bits per heavy atom. The maximum atomic E-state index is 13.2. The van der Waals surface area contributed by atoms with E-state index in [0.29, 0.717) is 0 Å². The van der Waals surface area contributed by atoms with E-state index in [-0.39, 0.29) is 12.0 Å². The van der Waals surface area contributed by atoms with E-state index < -0.39 is 35.2 Å². The molecule has 0 saturated carbocycles. The van der Waals surface area contributed by atoms with Gasteiger partial charge in [-0.15, -0.1) is 12.3 Å². The van der Waals surface area contributed by atoms with Crippen LogP contribution in [0.15, 0.2) is 18.2 Å². The number of carbonyl (C=O) groups excluding carboxylic acids is 2. The third kappa shape index (κ3) is 5.17. The average Bonchev–Trinajstić information content (AvgIpc) is 2.38. The molecule has 1 rings (SSSR count). The second kappa shape index (κ2) is 7.03. The summed E-state index contributed by atoms with van der Waals surface area (Å²) in [5, 5.41) is 2.34. The van der Waals surface area contributed by atoms with Crippen molar-refractivity contribution < 1.29 is 23.1 Å². The molecule has 0 radical (unpaired) electrons. The fourth-order valence-electron chi connectivity index (χ4n) is 1.63. The van der Waals surface area contributed by atoms with Crippen LogP contribution in [-0.4, -0.2) is 23.5 Å². The normalized spacial score (nSPS) is 12.2. The highest BCUT2D eigenvalue weighted by Gasteiger charge is 2.25. The number of rotatable bonds is 4. The van der Waals surface area contributed by atoms with Crippen LogP contribution in [0, 0.1) is 24.0 Å². The van der Waals surface area contributed by atoms with Gasteiger partial charge in [0.15, 0.2) is 17.4 Å². The van der Waals surface area contributed by atoms with Crippen molar-refractivity contribution in [1.82, 2.24) is 5.32 Å². The van der Waals surface area contributed by atoms with Gasteiger partial charge in [0.05, 0.1) is 0 Å². The lowest BCUT2D eigenvalue weighted by molar-refractivity contribution is 0.0493. The molecular formula is C16H17F2NO3. The molecular weight excluding hydrogens is 292 g/mol. The number of nitrogens with one attached hydrogen (secondary N) is 1. The molecule has 0 fully saturated rings. The topological polar surface area (TPSA) is 55.4 Å². The number of ketones is 1. The average molecular weight is 309 g/mol. The van der Waals surface area contributed by atoms with E-state index in [1.807, 2.05) is 0 Å². The summed E-state index contributed by atoms with van der Waals surface area (Å²) in [6.45, 7) is 5.00. The minimum absolute atomic E-state index is 0.0878. The Bertz CT molecular complexity index is 615. The number of Topliss-reactive ketones (excluding diaryl/α,β-unsaturated/α-hetero) is 1. The van der Waals surface area contributed by atoms with Gasteiger partial charge in [0.25, 0.3) is 0 Å². The Morgan fingerprint density at radius 3 is 2.45 bits per heavy atom. The van der Waals surface area contributed by atoms with E-state index in [1.54, 1.807) is 20.8 Å². The molecule has 0 bridgehead atoms. The minimum atomic E-state index is -1.15. The summed E-state index contributed by atoms with van der Waals surface area (Å²) in [6.07, 6.45) is 4.26. The first kappa shape index (κ1) is 17.6. The van der Waals surface area contributed by atoms with Gasteiger partial charge in [-0.1, -0.05) is 0 Å². The smallest absolute Gasteiger partial charge is 0.408 e. The van der Waals surface area contributed by atoms with Crippen LogP contribution in [0.5, 0.6) is 0 Å². The lowest BCUT2D eigenvalue weighted by Gasteiger charge is -2.22. The third-order valence-corrected chi connectivity index (χ3v) is 2.53. The zero-order valence-electron chi connectivity index (χ0n) is 12.6. The summed E-state index contributed by atoms with van der Waals surface area (Å²) >= 11 is 0. The highest BCUT2D eigenvalue weighted by Crippen LogP contribution is 2.13. The van der Waals surface area contributed by atoms with E-state index in [4.69, 9.17) is 11.2 Å². The molecule has 1 amide bonds. The van der Waals surface area contributed by atoms with E-state index in [2.05, 4.69) is 11.2 Å². The fourth-order valence-corrected chi connectivity index (χ4v) is 1.63. The lowest BCUT2D eigenvalue weighted by atomic mass is 10.0. The molecule has 0 heterocycles. The molecule has 1 N–H and O–H groups in total. The molecule has 0 aromatic heterocycles. The molecule has 0 spiro atoms. The van der Waals surface area contributed by atoms with Crippen molar-refractivity contribution in [2.24, 2.45) is 0 Å². The number of amides is 1. The van der Waals surface area contributed by atoms with Crippen LogP contribution >= 0.6 is 0 Å². The van der Waals surface area contributed by atoms with E-state index >= 15 is 0 Å². The molecule has 1 aromatic carbocycles. The monoisotopic (exact) mass is 309 g/mol. The van der Waals surface area contributed by atoms with Crippen LogP contribution in [0.3, 0.4) is 0 Å². The highest BCUT2D eigenvalue weighted by atomic mass is 19.2. The summed E-state index contributed by atoms with van der Waals surface area (Å²) in [6, 6.07) is 1.65. The van der Waals surface area contributed by atoms with Crippen LogP contribution < -0.4 is 5.32 Å². The number of carbonyl (C=O) groups is 2. The van der Waals surface area contributed by atoms with Crippen molar-refractivity contribution in [3.63, 3.8) is 0 Å². The summed E-state index contributed by atoms with van der Waals surface area (Å²) in [7, 11) is 0. The molecule has 118 valence electrons. The van der Waals surface area contributed by atoms with Gasteiger partial charge in [0.1, 0.15) is 11.6 Å². The lowest BCUT2D eigenvalue weighted by Crippen LogP contribution is -2.43. The first-order chi connectivity index (χ1) is 10.1. The number of ether oxygens (including phenoxy) is 1. The van der Waals surface area contributed by atoms with Crippen LogP contribution in [-0.2, 0) is 4.74 Å². The predicted octanol–water partition coefficient (Wildman–Crippen LogP) is 3.06. The molecule has 1 atom stereocenters. The molecule has 0 saturated heterocycles. The van der Waals surface area contributed by atoms with Crippen molar-refractivity contribution in [2.45, 2.75) is 38.8 Å². The van der Waals surface area contributed by atoms with E-state index in [1.165, 1.54) is 0 Å². The minimum Gasteiger partial charge on any atom is -0.444 e. The summed E-state index contributed by atoms with van der Waals surface area (Å²) in [5.41, 5.74) is -0.828. The van der Waals surface area contributed by atoms with Gasteiger partial charge < -0.3 is 10.1 Å². The highest BCUT2D eigenvalue weighted by molar-refractivity contribution is 6.01. The number of hydrogen-bond acceptors (Lipinski definition) is 3. The predicted molar refractivity (Wildman–Crippen MR) is 77.3 cm³/mol. The van der Waals surface area contributed by atoms with Crippen molar-refractivity contribution >= 4 is 11.9 Å². The summed E-state index contributed by atoms with van der Waals surface area (Å²) < 4.78 is 31.1. The summed E-state index contributed by atoms with van der Waals surface area (Å²) in [5.74, 6) is -0.584. The second-order valence-corrected chi connectivity index (χ2v) is 5.60. The van der Waals surface area contributed by atoms with Gasteiger partial charge in [0.2, 0.25) is 0 Å². The zero-order valence-corrected chi connectivity index (χ0v) is 12.6. The standard InChI is InChI=1S/C16H17F2NO3/c1-5-6-13(19-15(21)22-16(2,3)4)14(20)10-7-8-11(17)12(18)9-10/h1,7-9,13H,6H2,2-4H3,(H,19,21). The second-order valence-electron chi connectivity index (χ2n) is 5.60. The van der Waals surface area contributed by atoms with Gasteiger partial charge >= 0.3 is 6.09 Å². The maximum absolute atomic E-state index is 13.2. The van der Waals surface area contributed by atoms with Crippen LogP contribution in [0.25, 0.3) is 0 Å². The Balaban J connectivity index is 2.90. The largest absolute Gasteiger partial charge is 0.444 e. The molecule has 22 heavy (non-hydrogen) atoms. The van der Waals surface area contributed by atoms with Crippen molar-refractivity contribution in [3.05, 3.63) is 35.4 Å². The third-order valence-electron chi connectivity index (χ3n) is 2.53. The SMILES string of the molecule is C#CCC(NC(=O)OC(C)(C)C)C(=O)c1ccc(F)c(F)c1. The fraction of sp³-hybridized carbons (Fsp3) is 0.375. The first-order valence-corrected chi connectivity index (χ1v) is 6.56. The maximum Gasteiger partial charge on any atom is 0.408 e. The van der Waals surface area contributed by atoms with Gasteiger partial charge in [-0.3, -0.25) is 4.79 Å². The number of benzene rings is 1. The Kier molecular flexibility index (Phi) is 5.63. The van der Waals surface area contributed by atoms with Gasteiger partial charge in [0, 0.05) is 12.0 Å². The van der Waals surface area contributed by atoms with E-state index in [9.17, 15) is 18.4 Å². The van der Waals surface area contributed by atoms with Crippen LogP contribution in [0.4, 0.5) is 13.6 Å².